The van der Waals surface area contributed by atoms with Gasteiger partial charge >= 0.3 is 0 Å². The van der Waals surface area contributed by atoms with Crippen molar-refractivity contribution < 1.29 is 23.4 Å². The topological polar surface area (TPSA) is 111 Å². The molecule has 0 aliphatic carbocycles. The lowest BCUT2D eigenvalue weighted by atomic mass is 9.81. The molecule has 0 spiro atoms. The van der Waals surface area contributed by atoms with Crippen molar-refractivity contribution in [2.45, 2.75) is 31.2 Å². The number of nitrogens with one attached hydrogen (secondary N) is 1. The van der Waals surface area contributed by atoms with Gasteiger partial charge in [0.15, 0.2) is 11.6 Å². The van der Waals surface area contributed by atoms with E-state index in [-0.39, 0.29) is 40.7 Å². The molecule has 0 radical (unpaired) electrons. The Balaban J connectivity index is 1.93. The number of halogens is 3. The Bertz CT molecular complexity index is 1270. The lowest BCUT2D eigenvalue weighted by Crippen LogP contribution is -2.33. The zero-order valence-corrected chi connectivity index (χ0v) is 20.4. The monoisotopic (exact) mass is 515 g/mol. The van der Waals surface area contributed by atoms with Crippen molar-refractivity contribution in [2.75, 3.05) is 25.1 Å². The summed E-state index contributed by atoms with van der Waals surface area (Å²) in [5.74, 6) is -2.77. The van der Waals surface area contributed by atoms with Crippen LogP contribution in [0.1, 0.15) is 40.7 Å². The van der Waals surface area contributed by atoms with Gasteiger partial charge in [-0.1, -0.05) is 41.9 Å². The van der Waals surface area contributed by atoms with E-state index in [1.165, 1.54) is 18.2 Å². The highest BCUT2D eigenvalue weighted by molar-refractivity contribution is 6.34. The summed E-state index contributed by atoms with van der Waals surface area (Å²) in [6, 6.07) is 13.6. The van der Waals surface area contributed by atoms with Gasteiger partial charge in [0.2, 0.25) is 5.91 Å². The van der Waals surface area contributed by atoms with Crippen molar-refractivity contribution in [3.63, 3.8) is 0 Å². The fourth-order valence-electron chi connectivity index (χ4n) is 4.89. The average Bonchev–Trinajstić information content (AvgIpc) is 3.24. The van der Waals surface area contributed by atoms with E-state index in [4.69, 9.17) is 32.9 Å². The Hall–Kier alpha value is -3.20. The molecule has 0 bridgehead atoms. The van der Waals surface area contributed by atoms with E-state index in [0.717, 1.165) is 18.4 Å². The minimum atomic E-state index is -0.908. The van der Waals surface area contributed by atoms with Crippen LogP contribution in [0.3, 0.4) is 0 Å². The van der Waals surface area contributed by atoms with Gasteiger partial charge < -0.3 is 26.6 Å². The number of hydrogen-bond acceptors (Lipinski definition) is 5. The van der Waals surface area contributed by atoms with E-state index < -0.39 is 23.1 Å². The Kier molecular flexibility index (Phi) is 7.78. The third-order valence-electron chi connectivity index (χ3n) is 6.53. The van der Waals surface area contributed by atoms with Crippen LogP contribution in [0.5, 0.6) is 5.75 Å². The first-order valence-electron chi connectivity index (χ1n) is 11.7. The predicted octanol–water partition coefficient (Wildman–Crippen LogP) is 4.75. The van der Waals surface area contributed by atoms with Gasteiger partial charge in [0.05, 0.1) is 22.7 Å². The van der Waals surface area contributed by atoms with Crippen LogP contribution in [0.2, 0.25) is 5.02 Å². The van der Waals surface area contributed by atoms with Crippen LogP contribution >= 0.6 is 11.6 Å². The van der Waals surface area contributed by atoms with Crippen LogP contribution < -0.4 is 21.5 Å². The van der Waals surface area contributed by atoms with Crippen LogP contribution in [0.25, 0.3) is 11.1 Å². The average molecular weight is 516 g/mol. The van der Waals surface area contributed by atoms with Gasteiger partial charge in [-0.3, -0.25) is 4.79 Å². The first kappa shape index (κ1) is 25.9. The van der Waals surface area contributed by atoms with E-state index in [1.54, 1.807) is 0 Å². The summed E-state index contributed by atoms with van der Waals surface area (Å²) in [6.45, 7) is 0.0349. The first-order chi connectivity index (χ1) is 17.3. The SMILES string of the molecule is NCCCC[C@@]1(c2ccccc2)Cc2c(cc(F)c(Cl)c2-c2c(C(N)=O)ccc(OCCO)c2F)N1. The van der Waals surface area contributed by atoms with Crippen LogP contribution in [-0.2, 0) is 12.0 Å². The minimum absolute atomic E-state index is 0.0524. The molecule has 3 aromatic carbocycles. The molecule has 6 N–H and O–H groups in total. The molecule has 0 unspecified atom stereocenters. The highest BCUT2D eigenvalue weighted by Crippen LogP contribution is 2.50. The largest absolute Gasteiger partial charge is 0.488 e. The second-order valence-electron chi connectivity index (χ2n) is 8.81. The normalized spacial score (nSPS) is 16.5. The molecule has 9 heteroatoms. The third kappa shape index (κ3) is 4.76. The molecule has 4 rings (SSSR count). The number of carbonyl (C=O) groups excluding carboxylic acids is 1. The van der Waals surface area contributed by atoms with E-state index in [1.807, 2.05) is 30.3 Å². The van der Waals surface area contributed by atoms with E-state index >= 15 is 8.78 Å². The third-order valence-corrected chi connectivity index (χ3v) is 6.90. The highest BCUT2D eigenvalue weighted by Gasteiger charge is 2.41. The first-order valence-corrected chi connectivity index (χ1v) is 12.1. The maximum Gasteiger partial charge on any atom is 0.249 e. The number of rotatable bonds is 10. The Labute approximate surface area is 213 Å². The Morgan fingerprint density at radius 3 is 2.56 bits per heavy atom. The summed E-state index contributed by atoms with van der Waals surface area (Å²) < 4.78 is 36.3. The van der Waals surface area contributed by atoms with Crippen LogP contribution in [0.15, 0.2) is 48.5 Å². The highest BCUT2D eigenvalue weighted by atomic mass is 35.5. The lowest BCUT2D eigenvalue weighted by Gasteiger charge is -2.31. The fraction of sp³-hybridized carbons (Fsp3) is 0.296. The van der Waals surface area contributed by atoms with Gasteiger partial charge in [0.1, 0.15) is 12.4 Å². The van der Waals surface area contributed by atoms with Gasteiger partial charge in [-0.2, -0.15) is 0 Å². The fourth-order valence-corrected chi connectivity index (χ4v) is 5.16. The lowest BCUT2D eigenvalue weighted by molar-refractivity contribution is 0.100. The van der Waals surface area contributed by atoms with Crippen molar-refractivity contribution in [3.05, 3.63) is 81.9 Å². The number of ether oxygens (including phenoxy) is 1. The Morgan fingerprint density at radius 2 is 1.89 bits per heavy atom. The van der Waals surface area contributed by atoms with Gasteiger partial charge in [-0.25, -0.2) is 8.78 Å². The van der Waals surface area contributed by atoms with E-state index in [2.05, 4.69) is 5.32 Å². The molecule has 6 nitrogen and oxygen atoms in total. The van der Waals surface area contributed by atoms with Crippen LogP contribution in [0, 0.1) is 11.6 Å². The molecule has 1 atom stereocenters. The summed E-state index contributed by atoms with van der Waals surface area (Å²) in [5, 5.41) is 12.3. The standard InChI is InChI=1S/C27H28ClF2N3O3/c28-24-19(29)14-20-18(15-27(33-20,10-4-5-11-31)16-6-2-1-3-7-16)22(24)23-17(26(32)35)8-9-21(25(23)30)36-13-12-34/h1-3,6-9,14,33-34H,4-5,10-13,15,31H2,(H2,32,35)/t27-/m0/s1. The molecule has 3 aromatic rings. The smallest absolute Gasteiger partial charge is 0.249 e. The number of nitrogens with two attached hydrogens (primary N) is 2. The molecule has 1 aliphatic rings. The molecule has 0 aromatic heterocycles. The molecule has 0 saturated carbocycles. The van der Waals surface area contributed by atoms with Gasteiger partial charge in [-0.05, 0) is 55.1 Å². The number of amides is 1. The predicted molar refractivity (Wildman–Crippen MR) is 136 cm³/mol. The van der Waals surface area contributed by atoms with Gasteiger partial charge in [0.25, 0.3) is 0 Å². The number of carbonyl (C=O) groups is 1. The second kappa shape index (κ2) is 10.8. The molecule has 0 fully saturated rings. The Morgan fingerprint density at radius 1 is 1.14 bits per heavy atom. The number of fused-ring (bicyclic) bond motifs is 1. The van der Waals surface area contributed by atoms with Crippen molar-refractivity contribution >= 4 is 23.2 Å². The molecular weight excluding hydrogens is 488 g/mol. The van der Waals surface area contributed by atoms with Gasteiger partial charge in [0, 0.05) is 23.2 Å². The van der Waals surface area contributed by atoms with E-state index in [0.29, 0.717) is 30.6 Å². The minimum Gasteiger partial charge on any atom is -0.488 e. The molecule has 36 heavy (non-hydrogen) atoms. The molecule has 1 heterocycles. The maximum absolute atomic E-state index is 15.8. The van der Waals surface area contributed by atoms with Gasteiger partial charge in [-0.15, -0.1) is 0 Å². The van der Waals surface area contributed by atoms with Crippen molar-refractivity contribution in [3.8, 4) is 16.9 Å². The second-order valence-corrected chi connectivity index (χ2v) is 9.18. The van der Waals surface area contributed by atoms with Crippen molar-refractivity contribution in [2.24, 2.45) is 11.5 Å². The molecule has 1 amide bonds. The zero-order valence-electron chi connectivity index (χ0n) is 19.6. The van der Waals surface area contributed by atoms with Crippen molar-refractivity contribution in [1.29, 1.82) is 0 Å². The number of primary amides is 1. The summed E-state index contributed by atoms with van der Waals surface area (Å²) in [6.07, 6.45) is 2.67. The number of aliphatic hydroxyl groups excluding tert-OH is 1. The maximum atomic E-state index is 15.8. The number of benzene rings is 3. The van der Waals surface area contributed by atoms with Crippen LogP contribution in [0.4, 0.5) is 14.5 Å². The number of unbranched alkanes of at least 4 members (excludes halogenated alkanes) is 1. The summed E-state index contributed by atoms with van der Waals surface area (Å²) >= 11 is 6.46. The van der Waals surface area contributed by atoms with E-state index in [9.17, 15) is 4.79 Å². The zero-order chi connectivity index (χ0) is 25.9. The van der Waals surface area contributed by atoms with Crippen molar-refractivity contribution in [1.82, 2.24) is 0 Å². The summed E-state index contributed by atoms with van der Waals surface area (Å²) in [5.41, 5.74) is 12.4. The van der Waals surface area contributed by atoms with Crippen LogP contribution in [-0.4, -0.2) is 30.8 Å². The summed E-state index contributed by atoms with van der Waals surface area (Å²) in [4.78, 5) is 12.3. The number of hydrogen-bond donors (Lipinski definition) is 4. The molecule has 190 valence electrons. The number of anilines is 1. The number of aliphatic hydroxyl groups is 1. The molecule has 1 aliphatic heterocycles. The molecular formula is C27H28ClF2N3O3. The quantitative estimate of drug-likeness (QED) is 0.291. The summed E-state index contributed by atoms with van der Waals surface area (Å²) in [7, 11) is 0. The molecule has 0 saturated heterocycles.